The fraction of sp³-hybridized carbons (Fsp3) is 0.286. The van der Waals surface area contributed by atoms with Gasteiger partial charge in [-0.1, -0.05) is 0 Å². The normalized spacial score (nSPS) is 15.6. The van der Waals surface area contributed by atoms with Gasteiger partial charge in [-0.2, -0.15) is 4.31 Å². The molecule has 0 N–H and O–H groups in total. The van der Waals surface area contributed by atoms with Gasteiger partial charge in [0.15, 0.2) is 0 Å². The van der Waals surface area contributed by atoms with Gasteiger partial charge in [-0.25, -0.2) is 12.8 Å². The lowest BCUT2D eigenvalue weighted by Gasteiger charge is -2.21. The Labute approximate surface area is 130 Å². The molecule has 1 aromatic heterocycles. The molecule has 1 aliphatic rings. The topological polar surface area (TPSA) is 50.5 Å². The van der Waals surface area contributed by atoms with E-state index in [1.807, 2.05) is 0 Å². The Bertz CT molecular complexity index is 742. The van der Waals surface area contributed by atoms with Crippen molar-refractivity contribution in [2.45, 2.75) is 30.3 Å². The Morgan fingerprint density at radius 1 is 1.33 bits per heavy atom. The fourth-order valence-corrected chi connectivity index (χ4v) is 4.01. The van der Waals surface area contributed by atoms with E-state index in [1.54, 1.807) is 12.1 Å². The molecule has 0 amide bonds. The van der Waals surface area contributed by atoms with Crippen molar-refractivity contribution in [1.82, 2.24) is 4.31 Å². The third kappa shape index (κ3) is 3.04. The Balaban J connectivity index is 1.95. The summed E-state index contributed by atoms with van der Waals surface area (Å²) in [5, 5.41) is 0. The van der Waals surface area contributed by atoms with E-state index in [2.05, 4.69) is 15.9 Å². The zero-order chi connectivity index (χ0) is 15.0. The van der Waals surface area contributed by atoms with Gasteiger partial charge in [-0.3, -0.25) is 0 Å². The lowest BCUT2D eigenvalue weighted by atomic mass is 10.3. The van der Waals surface area contributed by atoms with E-state index in [4.69, 9.17) is 4.42 Å². The van der Waals surface area contributed by atoms with Gasteiger partial charge in [0.2, 0.25) is 10.0 Å². The second-order valence-electron chi connectivity index (χ2n) is 4.94. The average Bonchev–Trinajstić information content (AvgIpc) is 3.15. The maximum Gasteiger partial charge on any atom is 0.243 e. The Morgan fingerprint density at radius 2 is 2.10 bits per heavy atom. The van der Waals surface area contributed by atoms with E-state index in [9.17, 15) is 12.8 Å². The third-order valence-electron chi connectivity index (χ3n) is 3.34. The molecular formula is C14H13BrFNO3S. The summed E-state index contributed by atoms with van der Waals surface area (Å²) in [7, 11) is -3.74. The van der Waals surface area contributed by atoms with E-state index < -0.39 is 15.8 Å². The predicted molar refractivity (Wildman–Crippen MR) is 78.6 cm³/mol. The number of furan rings is 1. The summed E-state index contributed by atoms with van der Waals surface area (Å²) in [4.78, 5) is -0.0401. The molecule has 1 aromatic carbocycles. The SMILES string of the molecule is O=S(=O)(c1ccc(Br)c(F)c1)N(Cc1ccco1)C1CC1. The van der Waals surface area contributed by atoms with Crippen molar-refractivity contribution in [3.63, 3.8) is 0 Å². The highest BCUT2D eigenvalue weighted by atomic mass is 79.9. The van der Waals surface area contributed by atoms with Crippen LogP contribution in [-0.4, -0.2) is 18.8 Å². The highest BCUT2D eigenvalue weighted by Gasteiger charge is 2.38. The van der Waals surface area contributed by atoms with Crippen molar-refractivity contribution in [2.24, 2.45) is 0 Å². The first-order valence-corrected chi connectivity index (χ1v) is 8.71. The van der Waals surface area contributed by atoms with E-state index in [1.165, 1.54) is 22.7 Å². The Hall–Kier alpha value is -1.18. The summed E-state index contributed by atoms with van der Waals surface area (Å²) in [6.45, 7) is 0.164. The van der Waals surface area contributed by atoms with Crippen LogP contribution in [0.3, 0.4) is 0 Å². The molecule has 21 heavy (non-hydrogen) atoms. The zero-order valence-corrected chi connectivity index (χ0v) is 13.4. The molecular weight excluding hydrogens is 361 g/mol. The van der Waals surface area contributed by atoms with Crippen LogP contribution in [0.4, 0.5) is 4.39 Å². The third-order valence-corrected chi connectivity index (χ3v) is 5.88. The zero-order valence-electron chi connectivity index (χ0n) is 11.0. The Kier molecular flexibility index (Phi) is 3.90. The number of hydrogen-bond acceptors (Lipinski definition) is 3. The maximum absolute atomic E-state index is 13.6. The number of rotatable bonds is 5. The number of hydrogen-bond donors (Lipinski definition) is 0. The van der Waals surface area contributed by atoms with Gasteiger partial charge in [0.25, 0.3) is 0 Å². The summed E-state index contributed by atoms with van der Waals surface area (Å²) in [5.74, 6) is -0.0205. The van der Waals surface area contributed by atoms with Crippen LogP contribution in [0.15, 0.2) is 50.4 Å². The van der Waals surface area contributed by atoms with Crippen molar-refractivity contribution in [2.75, 3.05) is 0 Å². The molecule has 1 aliphatic carbocycles. The summed E-state index contributed by atoms with van der Waals surface area (Å²) in [6, 6.07) is 7.25. The molecule has 1 saturated carbocycles. The van der Waals surface area contributed by atoms with Gasteiger partial charge in [0, 0.05) is 6.04 Å². The second-order valence-corrected chi connectivity index (χ2v) is 7.68. The molecule has 0 aliphatic heterocycles. The predicted octanol–water partition coefficient (Wildman–Crippen LogP) is 3.53. The molecule has 0 unspecified atom stereocenters. The molecule has 4 nitrogen and oxygen atoms in total. The molecule has 1 fully saturated rings. The first-order valence-electron chi connectivity index (χ1n) is 6.48. The molecule has 0 atom stereocenters. The van der Waals surface area contributed by atoms with Crippen molar-refractivity contribution in [3.8, 4) is 0 Å². The monoisotopic (exact) mass is 373 g/mol. The molecule has 1 heterocycles. The molecule has 7 heteroatoms. The standard InChI is InChI=1S/C14H13BrFNO3S/c15-13-6-5-12(8-14(13)16)21(18,19)17(10-3-4-10)9-11-2-1-7-20-11/h1-2,5-8,10H,3-4,9H2. The molecule has 2 aromatic rings. The summed E-state index contributed by atoms with van der Waals surface area (Å²) in [6.07, 6.45) is 3.14. The number of halogens is 2. The first kappa shape index (κ1) is 14.7. The maximum atomic E-state index is 13.6. The van der Waals surface area contributed by atoms with Crippen LogP contribution in [-0.2, 0) is 16.6 Å². The highest BCUT2D eigenvalue weighted by molar-refractivity contribution is 9.10. The molecule has 0 spiro atoms. The van der Waals surface area contributed by atoms with E-state index in [-0.39, 0.29) is 22.0 Å². The van der Waals surface area contributed by atoms with Gasteiger partial charge >= 0.3 is 0 Å². The van der Waals surface area contributed by atoms with Crippen LogP contribution in [0.25, 0.3) is 0 Å². The largest absolute Gasteiger partial charge is 0.468 e. The summed E-state index contributed by atoms with van der Waals surface area (Å²) >= 11 is 3.02. The van der Waals surface area contributed by atoms with Crippen molar-refractivity contribution in [3.05, 3.63) is 52.6 Å². The number of sulfonamides is 1. The first-order chi connectivity index (χ1) is 9.98. The van der Waals surface area contributed by atoms with Crippen molar-refractivity contribution in [1.29, 1.82) is 0 Å². The van der Waals surface area contributed by atoms with Gasteiger partial charge in [0.05, 0.1) is 22.2 Å². The Morgan fingerprint density at radius 3 is 2.67 bits per heavy atom. The molecule has 0 bridgehead atoms. The van der Waals surface area contributed by atoms with Crippen LogP contribution in [0.2, 0.25) is 0 Å². The van der Waals surface area contributed by atoms with E-state index in [0.717, 1.165) is 18.9 Å². The van der Waals surface area contributed by atoms with Gasteiger partial charge in [0.1, 0.15) is 11.6 Å². The van der Waals surface area contributed by atoms with Crippen LogP contribution in [0.1, 0.15) is 18.6 Å². The summed E-state index contributed by atoms with van der Waals surface area (Å²) in [5.41, 5.74) is 0. The number of nitrogens with zero attached hydrogens (tertiary/aromatic N) is 1. The van der Waals surface area contributed by atoms with Crippen LogP contribution < -0.4 is 0 Å². The van der Waals surface area contributed by atoms with E-state index in [0.29, 0.717) is 5.76 Å². The fourth-order valence-electron chi connectivity index (χ4n) is 2.10. The van der Waals surface area contributed by atoms with Gasteiger partial charge in [-0.15, -0.1) is 0 Å². The average molecular weight is 374 g/mol. The van der Waals surface area contributed by atoms with Crippen molar-refractivity contribution >= 4 is 26.0 Å². The van der Waals surface area contributed by atoms with Gasteiger partial charge in [-0.05, 0) is 59.1 Å². The minimum atomic E-state index is -3.74. The van der Waals surface area contributed by atoms with Crippen LogP contribution in [0, 0.1) is 5.82 Å². The van der Waals surface area contributed by atoms with Crippen LogP contribution in [0.5, 0.6) is 0 Å². The van der Waals surface area contributed by atoms with Crippen molar-refractivity contribution < 1.29 is 17.2 Å². The molecule has 0 radical (unpaired) electrons. The molecule has 112 valence electrons. The van der Waals surface area contributed by atoms with E-state index >= 15 is 0 Å². The van der Waals surface area contributed by atoms with Crippen LogP contribution >= 0.6 is 15.9 Å². The van der Waals surface area contributed by atoms with Gasteiger partial charge < -0.3 is 4.42 Å². The molecule has 3 rings (SSSR count). The molecule has 0 saturated heterocycles. The number of benzene rings is 1. The minimum Gasteiger partial charge on any atom is -0.468 e. The lowest BCUT2D eigenvalue weighted by Crippen LogP contribution is -2.32. The quantitative estimate of drug-likeness (QED) is 0.805. The minimum absolute atomic E-state index is 0.0354. The second kappa shape index (κ2) is 5.55. The lowest BCUT2D eigenvalue weighted by molar-refractivity contribution is 0.356. The summed E-state index contributed by atoms with van der Waals surface area (Å²) < 4.78 is 45.9. The highest BCUT2D eigenvalue weighted by Crippen LogP contribution is 2.34. The smallest absolute Gasteiger partial charge is 0.243 e.